The maximum absolute atomic E-state index is 14.9. The predicted octanol–water partition coefficient (Wildman–Crippen LogP) is 5.84. The molecule has 1 N–H and O–H groups in total. The van der Waals surface area contributed by atoms with Crippen LogP contribution in [0.2, 0.25) is 5.02 Å². The third-order valence-corrected chi connectivity index (χ3v) is 6.79. The van der Waals surface area contributed by atoms with Crippen molar-refractivity contribution in [3.05, 3.63) is 118 Å². The van der Waals surface area contributed by atoms with Gasteiger partial charge in [-0.15, -0.1) is 0 Å². The molecule has 3 aromatic heterocycles. The van der Waals surface area contributed by atoms with Crippen LogP contribution < -0.4 is 4.73 Å². The molecule has 40 heavy (non-hydrogen) atoms. The van der Waals surface area contributed by atoms with Gasteiger partial charge < -0.3 is 10.3 Å². The van der Waals surface area contributed by atoms with Gasteiger partial charge in [-0.2, -0.15) is 14.9 Å². The van der Waals surface area contributed by atoms with Crippen LogP contribution in [-0.2, 0) is 13.5 Å². The molecule has 0 aliphatic carbocycles. The molecule has 3 heterocycles. The van der Waals surface area contributed by atoms with Crippen LogP contribution in [0.1, 0.15) is 39.8 Å². The lowest BCUT2D eigenvalue weighted by Gasteiger charge is -2.18. The summed E-state index contributed by atoms with van der Waals surface area (Å²) in [5, 5.41) is 31.0. The Balaban J connectivity index is 1.56. The van der Waals surface area contributed by atoms with Crippen molar-refractivity contribution in [1.29, 1.82) is 0 Å². The molecule has 0 bridgehead atoms. The van der Waals surface area contributed by atoms with Crippen molar-refractivity contribution in [2.75, 3.05) is 0 Å². The number of nitrogens with zero attached hydrogens (tertiary/aromatic N) is 5. The molecular weight excluding hydrogens is 547 g/mol. The van der Waals surface area contributed by atoms with Gasteiger partial charge in [0.2, 0.25) is 5.69 Å². The smallest absolute Gasteiger partial charge is 0.335 e. The number of benzene rings is 2. The molecule has 0 amide bonds. The number of carbonyl (C=O) groups is 1. The highest BCUT2D eigenvalue weighted by atomic mass is 35.5. The lowest BCUT2D eigenvalue weighted by atomic mass is 9.99. The molecule has 0 unspecified atom stereocenters. The summed E-state index contributed by atoms with van der Waals surface area (Å²) in [4.78, 5) is 11.2. The number of aromatic carboxylic acids is 1. The average Bonchev–Trinajstić information content (AvgIpc) is 3.58. The van der Waals surface area contributed by atoms with E-state index in [0.29, 0.717) is 21.6 Å². The van der Waals surface area contributed by atoms with E-state index in [4.69, 9.17) is 16.7 Å². The predicted molar refractivity (Wildman–Crippen MR) is 140 cm³/mol. The normalized spacial score (nSPS) is 12.2. The SMILES string of the molecule is Cn1ccc(C[C@@H](c2ccc(-c3c(C(F)F)ccc(Cl)c3F)c[n+]2[O-])n2cc(-c3ccc(C(=O)O)cc3)cn2)n1. The van der Waals surface area contributed by atoms with Crippen molar-refractivity contribution in [2.45, 2.75) is 18.9 Å². The largest absolute Gasteiger partial charge is 0.618 e. The van der Waals surface area contributed by atoms with E-state index in [2.05, 4.69) is 10.2 Å². The van der Waals surface area contributed by atoms with Gasteiger partial charge in [0.15, 0.2) is 6.20 Å². The lowest BCUT2D eigenvalue weighted by Crippen LogP contribution is -2.36. The number of carboxylic acid groups (broad SMARTS) is 1. The molecule has 5 aromatic rings. The molecule has 2 aromatic carbocycles. The zero-order valence-electron chi connectivity index (χ0n) is 20.9. The van der Waals surface area contributed by atoms with Gasteiger partial charge in [0.1, 0.15) is 11.9 Å². The highest BCUT2D eigenvalue weighted by molar-refractivity contribution is 6.31. The molecule has 0 spiro atoms. The van der Waals surface area contributed by atoms with Crippen LogP contribution in [0.15, 0.2) is 79.4 Å². The van der Waals surface area contributed by atoms with Crippen LogP contribution in [0.4, 0.5) is 13.2 Å². The maximum Gasteiger partial charge on any atom is 0.335 e. The third-order valence-electron chi connectivity index (χ3n) is 6.49. The van der Waals surface area contributed by atoms with Crippen LogP contribution in [0.5, 0.6) is 0 Å². The molecule has 0 radical (unpaired) electrons. The summed E-state index contributed by atoms with van der Waals surface area (Å²) in [7, 11) is 1.76. The molecule has 1 atom stereocenters. The number of rotatable bonds is 8. The van der Waals surface area contributed by atoms with Crippen LogP contribution in [0, 0.1) is 11.0 Å². The minimum atomic E-state index is -2.98. The fourth-order valence-electron chi connectivity index (χ4n) is 4.51. The van der Waals surface area contributed by atoms with E-state index in [0.717, 1.165) is 18.3 Å². The number of halogens is 4. The van der Waals surface area contributed by atoms with Gasteiger partial charge in [-0.25, -0.2) is 18.0 Å². The molecule has 0 saturated heterocycles. The molecule has 0 fully saturated rings. The third kappa shape index (κ3) is 5.28. The summed E-state index contributed by atoms with van der Waals surface area (Å²) < 4.78 is 45.9. The monoisotopic (exact) mass is 567 g/mol. The molecule has 204 valence electrons. The van der Waals surface area contributed by atoms with Gasteiger partial charge >= 0.3 is 5.97 Å². The fraction of sp³-hybridized carbons (Fsp3) is 0.143. The Hall–Kier alpha value is -4.64. The second-order valence-corrected chi connectivity index (χ2v) is 9.49. The van der Waals surface area contributed by atoms with Crippen LogP contribution in [0.25, 0.3) is 22.3 Å². The van der Waals surface area contributed by atoms with Crippen LogP contribution in [0.3, 0.4) is 0 Å². The van der Waals surface area contributed by atoms with Gasteiger partial charge in [0.25, 0.3) is 6.43 Å². The van der Waals surface area contributed by atoms with Gasteiger partial charge in [0.05, 0.1) is 28.0 Å². The van der Waals surface area contributed by atoms with E-state index in [1.54, 1.807) is 53.2 Å². The molecular formula is C28H21ClF3N5O3. The Morgan fingerprint density at radius 1 is 1.07 bits per heavy atom. The first kappa shape index (κ1) is 26.9. The second kappa shape index (κ2) is 10.9. The molecule has 8 nitrogen and oxygen atoms in total. The first-order chi connectivity index (χ1) is 19.1. The number of aromatic nitrogens is 5. The minimum Gasteiger partial charge on any atom is -0.618 e. The summed E-state index contributed by atoms with van der Waals surface area (Å²) in [5.74, 6) is -2.08. The van der Waals surface area contributed by atoms with E-state index in [-0.39, 0.29) is 28.3 Å². The summed E-state index contributed by atoms with van der Waals surface area (Å²) >= 11 is 5.86. The fourth-order valence-corrected chi connectivity index (χ4v) is 4.66. The van der Waals surface area contributed by atoms with Crippen LogP contribution in [-0.4, -0.2) is 30.6 Å². The first-order valence-corrected chi connectivity index (χ1v) is 12.4. The van der Waals surface area contributed by atoms with Gasteiger partial charge in [0, 0.05) is 48.6 Å². The second-order valence-electron chi connectivity index (χ2n) is 9.09. The van der Waals surface area contributed by atoms with E-state index in [1.807, 2.05) is 0 Å². The minimum absolute atomic E-state index is 0.0506. The number of aryl methyl sites for hydroxylation is 1. The van der Waals surface area contributed by atoms with Crippen molar-refractivity contribution in [3.63, 3.8) is 0 Å². The number of alkyl halides is 2. The molecule has 0 aliphatic heterocycles. The van der Waals surface area contributed by atoms with Crippen LogP contribution >= 0.6 is 11.6 Å². The summed E-state index contributed by atoms with van der Waals surface area (Å²) in [6.07, 6.45) is 3.37. The van der Waals surface area contributed by atoms with E-state index >= 15 is 0 Å². The zero-order valence-corrected chi connectivity index (χ0v) is 21.6. The van der Waals surface area contributed by atoms with Gasteiger partial charge in [-0.3, -0.25) is 9.36 Å². The van der Waals surface area contributed by atoms with Crippen molar-refractivity contribution < 1.29 is 27.8 Å². The highest BCUT2D eigenvalue weighted by Gasteiger charge is 2.27. The average molecular weight is 568 g/mol. The number of pyridine rings is 1. The standard InChI is InChI=1S/C28H21ClF3N5O3/c1-35-11-10-20(34-35)12-24(36-14-19(13-33-36)16-2-4-17(5-3-16)28(38)39)23-9-6-18(15-37(23)40)25-21(27(31)32)7-8-22(29)26(25)30/h2-11,13-15,24,27H,12H2,1H3,(H,38,39)/t24-/m0/s1. The number of hydrogen-bond donors (Lipinski definition) is 1. The van der Waals surface area contributed by atoms with Crippen molar-refractivity contribution in [3.8, 4) is 22.3 Å². The van der Waals surface area contributed by atoms with E-state index < -0.39 is 35.4 Å². The van der Waals surface area contributed by atoms with Crippen molar-refractivity contribution in [1.82, 2.24) is 19.6 Å². The Kier molecular flexibility index (Phi) is 7.31. The first-order valence-electron chi connectivity index (χ1n) is 12.0. The quantitative estimate of drug-likeness (QED) is 0.187. The Bertz CT molecular complexity index is 1700. The Morgan fingerprint density at radius 2 is 1.80 bits per heavy atom. The lowest BCUT2D eigenvalue weighted by molar-refractivity contribution is -0.615. The molecule has 5 rings (SSSR count). The number of hydrogen-bond acceptors (Lipinski definition) is 4. The summed E-state index contributed by atoms with van der Waals surface area (Å²) in [6.45, 7) is 0. The highest BCUT2D eigenvalue weighted by Crippen LogP contribution is 2.36. The van der Waals surface area contributed by atoms with E-state index in [1.165, 1.54) is 24.3 Å². The number of carboxylic acids is 1. The zero-order chi connectivity index (χ0) is 28.6. The Labute approximate surface area is 231 Å². The molecule has 0 aliphatic rings. The van der Waals surface area contributed by atoms with Gasteiger partial charge in [-0.1, -0.05) is 29.8 Å². The molecule has 12 heteroatoms. The van der Waals surface area contributed by atoms with E-state index in [9.17, 15) is 23.2 Å². The Morgan fingerprint density at radius 3 is 2.42 bits per heavy atom. The summed E-state index contributed by atoms with van der Waals surface area (Å²) in [5.41, 5.74) is 1.35. The topological polar surface area (TPSA) is 99.9 Å². The maximum atomic E-state index is 14.9. The summed E-state index contributed by atoms with van der Waals surface area (Å²) in [6, 6.07) is 12.3. The van der Waals surface area contributed by atoms with Crippen molar-refractivity contribution in [2.24, 2.45) is 7.05 Å². The van der Waals surface area contributed by atoms with Crippen molar-refractivity contribution >= 4 is 17.6 Å². The van der Waals surface area contributed by atoms with Gasteiger partial charge in [-0.05, 0) is 35.9 Å². The molecule has 0 saturated carbocycles.